The number of primary amides is 1. The van der Waals surface area contributed by atoms with Gasteiger partial charge in [-0.3, -0.25) is 14.1 Å². The maximum Gasteiger partial charge on any atom is 0.469 e. The fourth-order valence-corrected chi connectivity index (χ4v) is 3.27. The van der Waals surface area contributed by atoms with Crippen LogP contribution in [0.25, 0.3) is 0 Å². The van der Waals surface area contributed by atoms with E-state index < -0.39 is 68.1 Å². The Morgan fingerprint density at radius 2 is 2.00 bits per heavy atom. The van der Waals surface area contributed by atoms with Crippen LogP contribution in [0, 0.1) is 5.92 Å². The molecule has 5 atom stereocenters. The molecule has 6 N–H and O–H groups in total. The normalized spacial score (nSPS) is 32.5. The Labute approximate surface area is 152 Å². The Kier molecular flexibility index (Phi) is 6.98. The van der Waals surface area contributed by atoms with E-state index in [1.165, 1.54) is 0 Å². The second-order valence-electron chi connectivity index (χ2n) is 6.25. The monoisotopic (exact) mass is 410 g/mol. The second-order valence-corrected chi connectivity index (χ2v) is 7.49. The predicted octanol–water partition coefficient (Wildman–Crippen LogP) is -1.31. The van der Waals surface area contributed by atoms with Gasteiger partial charge >= 0.3 is 7.82 Å². The van der Waals surface area contributed by atoms with Crippen LogP contribution in [0.15, 0.2) is 17.0 Å². The summed E-state index contributed by atoms with van der Waals surface area (Å²) in [5.41, 5.74) is 4.31. The number of aliphatic imine (C=N–C) groups is 1. The van der Waals surface area contributed by atoms with Crippen LogP contribution in [-0.4, -0.2) is 68.4 Å². The molecule has 0 spiro atoms. The number of hydrogen-bond donors (Lipinski definition) is 5. The lowest BCUT2D eigenvalue weighted by atomic mass is 9.91. The molecule has 0 aliphatic carbocycles. The number of phosphoric acid groups is 1. The highest BCUT2D eigenvalue weighted by atomic mass is 31.2. The minimum absolute atomic E-state index is 0.00718. The summed E-state index contributed by atoms with van der Waals surface area (Å²) in [5, 5.41) is 20.0. The molecule has 1 amide bonds. The lowest BCUT2D eigenvalue weighted by Crippen LogP contribution is -2.35. The molecule has 0 bridgehead atoms. The van der Waals surface area contributed by atoms with Gasteiger partial charge in [0.05, 0.1) is 12.7 Å². The van der Waals surface area contributed by atoms with Gasteiger partial charge in [0.15, 0.2) is 11.5 Å². The van der Waals surface area contributed by atoms with Crippen molar-refractivity contribution in [2.45, 2.75) is 43.7 Å². The zero-order valence-electron chi connectivity index (χ0n) is 14.0. The van der Waals surface area contributed by atoms with E-state index in [0.29, 0.717) is 0 Å². The number of phosphoric ester groups is 1. The van der Waals surface area contributed by atoms with Gasteiger partial charge in [-0.2, -0.15) is 4.39 Å². The topological polar surface area (TPSA) is 189 Å². The van der Waals surface area contributed by atoms with Gasteiger partial charge in [-0.25, -0.2) is 9.56 Å². The summed E-state index contributed by atoms with van der Waals surface area (Å²) >= 11 is 0. The number of aliphatic hydroxyl groups excluding tert-OH is 2. The first-order chi connectivity index (χ1) is 12.5. The number of amides is 1. The van der Waals surface area contributed by atoms with E-state index in [2.05, 4.69) is 9.52 Å². The van der Waals surface area contributed by atoms with E-state index >= 15 is 0 Å². The van der Waals surface area contributed by atoms with E-state index in [0.717, 1.165) is 6.08 Å². The minimum atomic E-state index is -4.78. The van der Waals surface area contributed by atoms with Crippen molar-refractivity contribution < 1.29 is 47.8 Å². The number of Topliss-reactive ketones (excluding diaryl/α,β-unsaturated/α-hetero) is 1. The molecule has 27 heavy (non-hydrogen) atoms. The lowest BCUT2D eigenvalue weighted by molar-refractivity contribution is -0.116. The average molecular weight is 410 g/mol. The van der Waals surface area contributed by atoms with E-state index in [4.69, 9.17) is 20.3 Å². The standard InChI is InChI=1S/C14H20FN2O9P/c15-10-4-6(1-2-7(18)11(17-10)14(16)21)3-8-12(19)13(20)9(26-8)5-25-27(22,23)24/h4,6,8-9,12-13,19-20H,1-3,5H2,(H2,16,21)(H2,22,23,24)/t6?,8-,9+,12-,13+/m0/s1. The van der Waals surface area contributed by atoms with Crippen LogP contribution in [0.2, 0.25) is 0 Å². The van der Waals surface area contributed by atoms with Gasteiger partial charge in [-0.05, 0) is 24.8 Å². The van der Waals surface area contributed by atoms with Crippen molar-refractivity contribution in [1.82, 2.24) is 0 Å². The van der Waals surface area contributed by atoms with Crippen molar-refractivity contribution >= 4 is 25.2 Å². The molecule has 0 aromatic rings. The Hall–Kier alpha value is -1.53. The molecule has 1 unspecified atom stereocenters. The number of ketones is 1. The summed E-state index contributed by atoms with van der Waals surface area (Å²) in [7, 11) is -4.78. The molecule has 2 aliphatic rings. The number of rotatable bonds is 6. The molecule has 2 aliphatic heterocycles. The summed E-state index contributed by atoms with van der Waals surface area (Å²) in [6.07, 6.45) is -4.03. The highest BCUT2D eigenvalue weighted by molar-refractivity contribution is 7.46. The fourth-order valence-electron chi connectivity index (χ4n) is 2.92. The molecule has 0 radical (unpaired) electrons. The van der Waals surface area contributed by atoms with Gasteiger partial charge in [-0.15, -0.1) is 0 Å². The molecule has 2 rings (SSSR count). The van der Waals surface area contributed by atoms with Gasteiger partial charge in [0, 0.05) is 6.42 Å². The molecule has 11 nitrogen and oxygen atoms in total. The minimum Gasteiger partial charge on any atom is -0.388 e. The van der Waals surface area contributed by atoms with Gasteiger partial charge in [0.1, 0.15) is 18.3 Å². The lowest BCUT2D eigenvalue weighted by Gasteiger charge is -2.21. The first-order valence-electron chi connectivity index (χ1n) is 7.98. The predicted molar refractivity (Wildman–Crippen MR) is 86.8 cm³/mol. The zero-order chi connectivity index (χ0) is 20.4. The molecule has 152 valence electrons. The van der Waals surface area contributed by atoms with Crippen molar-refractivity contribution in [1.29, 1.82) is 0 Å². The van der Waals surface area contributed by atoms with Crippen molar-refractivity contribution in [2.75, 3.05) is 6.61 Å². The maximum atomic E-state index is 13.9. The van der Waals surface area contributed by atoms with Gasteiger partial charge < -0.3 is 30.5 Å². The van der Waals surface area contributed by atoms with Crippen LogP contribution in [0.1, 0.15) is 19.3 Å². The van der Waals surface area contributed by atoms with Crippen LogP contribution in [0.4, 0.5) is 4.39 Å². The Morgan fingerprint density at radius 1 is 1.37 bits per heavy atom. The molecule has 2 heterocycles. The largest absolute Gasteiger partial charge is 0.469 e. The highest BCUT2D eigenvalue weighted by Gasteiger charge is 2.44. The van der Waals surface area contributed by atoms with Crippen molar-refractivity contribution in [3.05, 3.63) is 12.0 Å². The maximum absolute atomic E-state index is 13.9. The summed E-state index contributed by atoms with van der Waals surface area (Å²) in [5.74, 6) is -3.54. The zero-order valence-corrected chi connectivity index (χ0v) is 14.9. The number of halogens is 1. The summed E-state index contributed by atoms with van der Waals surface area (Å²) in [4.78, 5) is 43.6. The van der Waals surface area contributed by atoms with Crippen LogP contribution >= 0.6 is 7.82 Å². The molecule has 13 heteroatoms. The van der Waals surface area contributed by atoms with Gasteiger partial charge in [0.2, 0.25) is 5.95 Å². The number of hydrogen-bond acceptors (Lipinski definition) is 8. The van der Waals surface area contributed by atoms with Crippen LogP contribution < -0.4 is 5.73 Å². The van der Waals surface area contributed by atoms with Crippen molar-refractivity contribution in [3.8, 4) is 0 Å². The molecular weight excluding hydrogens is 390 g/mol. The van der Waals surface area contributed by atoms with Crippen molar-refractivity contribution in [2.24, 2.45) is 16.6 Å². The number of aliphatic hydroxyl groups is 2. The third-order valence-electron chi connectivity index (χ3n) is 4.23. The summed E-state index contributed by atoms with van der Waals surface area (Å²) < 4.78 is 34.2. The first-order valence-corrected chi connectivity index (χ1v) is 9.51. The van der Waals surface area contributed by atoms with E-state index in [1.807, 2.05) is 0 Å². The molecule has 0 saturated carbocycles. The molecule has 0 aromatic carbocycles. The Bertz CT molecular complexity index is 707. The van der Waals surface area contributed by atoms with Crippen LogP contribution in [-0.2, 0) is 23.4 Å². The Balaban J connectivity index is 2.05. The van der Waals surface area contributed by atoms with Gasteiger partial charge in [-0.1, -0.05) is 0 Å². The molecule has 1 saturated heterocycles. The SMILES string of the molecule is NC(=O)C1=NC(F)=CC(C[C@@H]2O[C@H](COP(=O)(O)O)[C@@H](O)[C@H]2O)CCC1=O. The van der Waals surface area contributed by atoms with Crippen LogP contribution in [0.3, 0.4) is 0 Å². The van der Waals surface area contributed by atoms with Gasteiger partial charge in [0.25, 0.3) is 5.91 Å². The summed E-state index contributed by atoms with van der Waals surface area (Å²) in [6.45, 7) is -0.654. The molecule has 1 fully saturated rings. The smallest absolute Gasteiger partial charge is 0.388 e. The van der Waals surface area contributed by atoms with Crippen LogP contribution in [0.5, 0.6) is 0 Å². The van der Waals surface area contributed by atoms with E-state index in [-0.39, 0.29) is 19.3 Å². The number of nitrogens with zero attached hydrogens (tertiary/aromatic N) is 1. The third kappa shape index (κ3) is 5.98. The van der Waals surface area contributed by atoms with Crippen molar-refractivity contribution in [3.63, 3.8) is 0 Å². The quantitative estimate of drug-likeness (QED) is 0.261. The number of carbonyl (C=O) groups excluding carboxylic acids is 2. The Morgan fingerprint density at radius 3 is 2.59 bits per heavy atom. The number of allylic oxidation sites excluding steroid dienone is 1. The second kappa shape index (κ2) is 8.65. The third-order valence-corrected chi connectivity index (χ3v) is 4.72. The number of ether oxygens (including phenoxy) is 1. The molecule has 0 aromatic heterocycles. The first kappa shape index (κ1) is 21.8. The average Bonchev–Trinajstić information content (AvgIpc) is 2.81. The highest BCUT2D eigenvalue weighted by Crippen LogP contribution is 2.38. The van der Waals surface area contributed by atoms with E-state index in [1.54, 1.807) is 0 Å². The van der Waals surface area contributed by atoms with E-state index in [9.17, 15) is 28.8 Å². The number of nitrogens with two attached hydrogens (primary N) is 1. The molecular formula is C14H20FN2O9P. The number of carbonyl (C=O) groups is 2. The summed E-state index contributed by atoms with van der Waals surface area (Å²) in [6, 6.07) is 0. The fraction of sp³-hybridized carbons (Fsp3) is 0.643.